The minimum atomic E-state index is -0.565. The van der Waals surface area contributed by atoms with Gasteiger partial charge in [-0.2, -0.15) is 5.26 Å². The monoisotopic (exact) mass is 400 g/mol. The molecule has 30 heavy (non-hydrogen) atoms. The van der Waals surface area contributed by atoms with E-state index in [1.165, 1.54) is 6.21 Å². The third kappa shape index (κ3) is 3.18. The van der Waals surface area contributed by atoms with Crippen LogP contribution in [0.2, 0.25) is 0 Å². The topological polar surface area (TPSA) is 107 Å². The molecule has 1 amide bonds. The predicted molar refractivity (Wildman–Crippen MR) is 110 cm³/mol. The van der Waals surface area contributed by atoms with Crippen molar-refractivity contribution >= 4 is 23.6 Å². The molecule has 2 aromatic rings. The molecular weight excluding hydrogens is 380 g/mol. The first-order chi connectivity index (χ1) is 14.7. The van der Waals surface area contributed by atoms with E-state index in [0.29, 0.717) is 17.3 Å². The van der Waals surface area contributed by atoms with Gasteiger partial charge in [0.2, 0.25) is 0 Å². The van der Waals surface area contributed by atoms with Crippen LogP contribution in [0.3, 0.4) is 0 Å². The number of amides is 1. The highest BCUT2D eigenvalue weighted by atomic mass is 16.5. The van der Waals surface area contributed by atoms with Crippen LogP contribution in [0.15, 0.2) is 62.8 Å². The fourth-order valence-corrected chi connectivity index (χ4v) is 4.35. The zero-order valence-electron chi connectivity index (χ0n) is 16.2. The molecular formula is C22H20N6O2. The second kappa shape index (κ2) is 7.59. The summed E-state index contributed by atoms with van der Waals surface area (Å²) in [4.78, 5) is 21.3. The summed E-state index contributed by atoms with van der Waals surface area (Å²) in [6, 6.07) is 11.8. The minimum Gasteiger partial charge on any atom is -0.356 e. The zero-order chi connectivity index (χ0) is 20.5. The highest BCUT2D eigenvalue weighted by Gasteiger charge is 2.45. The lowest BCUT2D eigenvalue weighted by Gasteiger charge is -2.36. The van der Waals surface area contributed by atoms with E-state index in [4.69, 9.17) is 9.52 Å². The molecule has 5 rings (SSSR count). The number of aromatic nitrogens is 1. The van der Waals surface area contributed by atoms with E-state index in [2.05, 4.69) is 21.6 Å². The van der Waals surface area contributed by atoms with Crippen LogP contribution >= 0.6 is 0 Å². The molecule has 0 bridgehead atoms. The van der Waals surface area contributed by atoms with Crippen LogP contribution in [0.4, 0.5) is 5.69 Å². The van der Waals surface area contributed by atoms with Gasteiger partial charge >= 0.3 is 0 Å². The second-order valence-electron chi connectivity index (χ2n) is 7.63. The number of nitrogens with one attached hydrogen (secondary N) is 1. The highest BCUT2D eigenvalue weighted by molar-refractivity contribution is 6.12. The number of nitriles is 1. The lowest BCUT2D eigenvalue weighted by atomic mass is 9.84. The lowest BCUT2D eigenvalue weighted by molar-refractivity contribution is -0.119. The number of nitrogens with zero attached hydrogens (tertiary/aromatic N) is 5. The maximum absolute atomic E-state index is 12.6. The molecule has 1 saturated carbocycles. The molecule has 150 valence electrons. The number of hydrogen-bond donors (Lipinski definition) is 1. The third-order valence-electron chi connectivity index (χ3n) is 5.84. The molecule has 8 nitrogen and oxygen atoms in total. The van der Waals surface area contributed by atoms with Gasteiger partial charge in [0.05, 0.1) is 35.6 Å². The SMILES string of the molecule is N#C[C@H]1CCCCC1N1NC(=Nc2ccc(-c3ccno3)cc2)C2C(=O)N=CC=C21. The molecule has 1 aromatic carbocycles. The number of aliphatic imine (C=N–C) groups is 2. The van der Waals surface area contributed by atoms with Crippen molar-refractivity contribution in [2.75, 3.05) is 0 Å². The van der Waals surface area contributed by atoms with Crippen LogP contribution in [-0.4, -0.2) is 34.2 Å². The van der Waals surface area contributed by atoms with Crippen molar-refractivity contribution in [2.24, 2.45) is 21.8 Å². The Bertz CT molecular complexity index is 1080. The van der Waals surface area contributed by atoms with Gasteiger partial charge in [0.25, 0.3) is 5.91 Å². The molecule has 8 heteroatoms. The summed E-state index contributed by atoms with van der Waals surface area (Å²) in [6.07, 6.45) is 8.87. The maximum Gasteiger partial charge on any atom is 0.262 e. The van der Waals surface area contributed by atoms with Crippen LogP contribution in [0.1, 0.15) is 25.7 Å². The summed E-state index contributed by atoms with van der Waals surface area (Å²) >= 11 is 0. The summed E-state index contributed by atoms with van der Waals surface area (Å²) in [5.74, 6) is 0.329. The van der Waals surface area contributed by atoms with Crippen molar-refractivity contribution in [1.29, 1.82) is 5.26 Å². The Balaban J connectivity index is 1.46. The van der Waals surface area contributed by atoms with E-state index >= 15 is 0 Å². The smallest absolute Gasteiger partial charge is 0.262 e. The number of carbonyl (C=O) groups excluding carboxylic acids is 1. The number of hydrogen-bond acceptors (Lipinski definition) is 6. The summed E-state index contributed by atoms with van der Waals surface area (Å²) in [6.45, 7) is 0. The molecule has 2 aliphatic heterocycles. The van der Waals surface area contributed by atoms with Crippen LogP contribution < -0.4 is 5.43 Å². The number of carbonyl (C=O) groups is 1. The van der Waals surface area contributed by atoms with Gasteiger partial charge in [-0.1, -0.05) is 18.0 Å². The molecule has 1 N–H and O–H groups in total. The van der Waals surface area contributed by atoms with Crippen LogP contribution in [0.25, 0.3) is 11.3 Å². The maximum atomic E-state index is 12.6. The fraction of sp³-hybridized carbons (Fsp3) is 0.318. The molecule has 0 radical (unpaired) electrons. The summed E-state index contributed by atoms with van der Waals surface area (Å²) in [5, 5.41) is 15.3. The normalized spacial score (nSPS) is 26.8. The standard InChI is InChI=1S/C22H20N6O2/c23-13-15-3-1-2-4-17(15)28-18-9-11-24-22(29)20(18)21(27-28)26-16-7-5-14(6-8-16)19-10-12-25-30-19/h5-12,15,17,20H,1-4H2,(H,26,27)/t15-,17?,20?/m1/s1. The zero-order valence-corrected chi connectivity index (χ0v) is 16.2. The number of allylic oxidation sites excluding steroid dienone is 1. The Labute approximate surface area is 173 Å². The number of rotatable bonds is 3. The van der Waals surface area contributed by atoms with Gasteiger partial charge in [-0.15, -0.1) is 0 Å². The number of benzene rings is 1. The summed E-state index contributed by atoms with van der Waals surface area (Å²) in [5.41, 5.74) is 5.75. The van der Waals surface area contributed by atoms with Crippen molar-refractivity contribution in [1.82, 2.24) is 15.6 Å². The average molecular weight is 400 g/mol. The first-order valence-electron chi connectivity index (χ1n) is 10.1. The Morgan fingerprint density at radius 2 is 2.03 bits per heavy atom. The Morgan fingerprint density at radius 1 is 1.20 bits per heavy atom. The number of fused-ring (bicyclic) bond motifs is 1. The van der Waals surface area contributed by atoms with E-state index in [9.17, 15) is 10.1 Å². The van der Waals surface area contributed by atoms with Crippen molar-refractivity contribution in [3.05, 3.63) is 48.3 Å². The lowest BCUT2D eigenvalue weighted by Crippen LogP contribution is -2.46. The minimum absolute atomic E-state index is 0.0123. The molecule has 2 fully saturated rings. The van der Waals surface area contributed by atoms with Gasteiger partial charge in [-0.05, 0) is 43.2 Å². The highest BCUT2D eigenvalue weighted by Crippen LogP contribution is 2.36. The van der Waals surface area contributed by atoms with Crippen molar-refractivity contribution < 1.29 is 9.32 Å². The van der Waals surface area contributed by atoms with Gasteiger partial charge in [0.15, 0.2) is 5.76 Å². The van der Waals surface area contributed by atoms with Gasteiger partial charge < -0.3 is 4.52 Å². The average Bonchev–Trinajstić information content (AvgIpc) is 3.44. The molecule has 0 spiro atoms. The van der Waals surface area contributed by atoms with Crippen molar-refractivity contribution in [2.45, 2.75) is 31.7 Å². The third-order valence-corrected chi connectivity index (χ3v) is 5.84. The summed E-state index contributed by atoms with van der Waals surface area (Å²) < 4.78 is 5.18. The molecule has 3 aliphatic rings. The van der Waals surface area contributed by atoms with E-state index < -0.39 is 5.92 Å². The van der Waals surface area contributed by atoms with E-state index in [1.54, 1.807) is 12.3 Å². The number of amidine groups is 1. The van der Waals surface area contributed by atoms with Crippen molar-refractivity contribution in [3.63, 3.8) is 0 Å². The quantitative estimate of drug-likeness (QED) is 0.846. The van der Waals surface area contributed by atoms with Crippen LogP contribution in [0.5, 0.6) is 0 Å². The molecule has 1 aliphatic carbocycles. The molecule has 3 atom stereocenters. The van der Waals surface area contributed by atoms with E-state index in [-0.39, 0.29) is 17.9 Å². The van der Waals surface area contributed by atoms with Crippen LogP contribution in [0, 0.1) is 23.2 Å². The van der Waals surface area contributed by atoms with E-state index in [0.717, 1.165) is 36.9 Å². The summed E-state index contributed by atoms with van der Waals surface area (Å²) in [7, 11) is 0. The van der Waals surface area contributed by atoms with E-state index in [1.807, 2.05) is 35.4 Å². The molecule has 3 heterocycles. The first-order valence-corrected chi connectivity index (χ1v) is 10.1. The predicted octanol–water partition coefficient (Wildman–Crippen LogP) is 3.39. The van der Waals surface area contributed by atoms with Gasteiger partial charge in [0.1, 0.15) is 11.8 Å². The Morgan fingerprint density at radius 3 is 2.80 bits per heavy atom. The fourth-order valence-electron chi connectivity index (χ4n) is 4.35. The number of dihydropyridines is 1. The second-order valence-corrected chi connectivity index (χ2v) is 7.63. The molecule has 1 aromatic heterocycles. The van der Waals surface area contributed by atoms with Gasteiger partial charge in [-0.25, -0.2) is 9.98 Å². The number of hydrazine groups is 1. The first kappa shape index (κ1) is 18.3. The molecule has 1 saturated heterocycles. The Kier molecular flexibility index (Phi) is 4.64. The Hall–Kier alpha value is -3.73. The van der Waals surface area contributed by atoms with Crippen LogP contribution in [-0.2, 0) is 4.79 Å². The van der Waals surface area contributed by atoms with Crippen molar-refractivity contribution in [3.8, 4) is 17.4 Å². The van der Waals surface area contributed by atoms with Gasteiger partial charge in [0, 0.05) is 17.8 Å². The van der Waals surface area contributed by atoms with Gasteiger partial charge in [-0.3, -0.25) is 15.2 Å². The largest absolute Gasteiger partial charge is 0.356 e. The molecule has 2 unspecified atom stereocenters.